The van der Waals surface area contributed by atoms with E-state index in [9.17, 15) is 0 Å². The molecule has 3 aromatic carbocycles. The summed E-state index contributed by atoms with van der Waals surface area (Å²) < 4.78 is 20.5. The summed E-state index contributed by atoms with van der Waals surface area (Å²) in [5.74, 6) is 0. The Balaban J connectivity index is 1.72. The molecule has 6 rings (SSSR count). The van der Waals surface area contributed by atoms with Crippen LogP contribution in [0.4, 0.5) is 17.1 Å². The molecule has 6 nitrogen and oxygen atoms in total. The van der Waals surface area contributed by atoms with E-state index < -0.39 is 7.36 Å². The van der Waals surface area contributed by atoms with Crippen LogP contribution in [0.1, 0.15) is 25.0 Å². The van der Waals surface area contributed by atoms with Gasteiger partial charge in [-0.25, -0.2) is 14.2 Å². The molecule has 1 unspecified atom stereocenters. The summed E-state index contributed by atoms with van der Waals surface area (Å²) in [5.41, 5.74) is 6.49. The van der Waals surface area contributed by atoms with Crippen molar-refractivity contribution >= 4 is 94.4 Å². The first-order chi connectivity index (χ1) is 19.5. The lowest BCUT2D eigenvalue weighted by atomic mass is 9.84. The maximum Gasteiger partial charge on any atom is 0.180 e. The fraction of sp³-hybridized carbons (Fsp3) is 0.300. The van der Waals surface area contributed by atoms with Crippen molar-refractivity contribution in [1.29, 1.82) is 0 Å². The van der Waals surface area contributed by atoms with Crippen molar-refractivity contribution in [2.45, 2.75) is 26.2 Å². The Morgan fingerprint density at radius 2 is 1.59 bits per heavy atom. The molecule has 0 aromatic heterocycles. The number of hydrogen-bond acceptors (Lipinski definition) is 4. The number of morpholine rings is 1. The number of rotatable bonds is 3. The van der Waals surface area contributed by atoms with Crippen molar-refractivity contribution in [2.24, 2.45) is 9.85 Å². The third-order valence-electron chi connectivity index (χ3n) is 7.94. The third-order valence-corrected chi connectivity index (χ3v) is 13.5. The summed E-state index contributed by atoms with van der Waals surface area (Å²) in [4.78, 5) is 2.35. The van der Waals surface area contributed by atoms with Crippen LogP contribution in [0.25, 0.3) is 0 Å². The molecular weight excluding hydrogens is 797 g/mol. The van der Waals surface area contributed by atoms with Crippen molar-refractivity contribution in [2.75, 3.05) is 43.0 Å². The molecule has 41 heavy (non-hydrogen) atoms. The second-order valence-electron chi connectivity index (χ2n) is 10.9. The number of aryl methyl sites for hydroxylation is 1. The number of nitrogens with zero attached hydrogens (tertiary/aromatic N) is 5. The van der Waals surface area contributed by atoms with Crippen molar-refractivity contribution in [3.8, 4) is 0 Å². The Hall–Kier alpha value is -1.26. The van der Waals surface area contributed by atoms with E-state index in [0.717, 1.165) is 53.2 Å². The largest absolute Gasteiger partial charge is 0.379 e. The van der Waals surface area contributed by atoms with Crippen LogP contribution < -0.4 is 9.68 Å². The SMILES string of the molecule is Cc1cc(Br)cc(Br)c1N=P1(N2CCOCC2)C(=C2N(C)c3ccc(Br)cc3C2(C)C)C=NN1c1ccc(Br)cc1. The highest BCUT2D eigenvalue weighted by molar-refractivity contribution is 9.11. The molecule has 1 saturated heterocycles. The summed E-state index contributed by atoms with van der Waals surface area (Å²) in [7, 11) is -0.547. The maximum absolute atomic E-state index is 5.88. The van der Waals surface area contributed by atoms with Gasteiger partial charge >= 0.3 is 0 Å². The Bertz CT molecular complexity index is 1620. The van der Waals surface area contributed by atoms with Gasteiger partial charge in [-0.05, 0) is 88.6 Å². The molecule has 0 bridgehead atoms. The van der Waals surface area contributed by atoms with Crippen LogP contribution in [-0.4, -0.2) is 44.2 Å². The van der Waals surface area contributed by atoms with E-state index in [2.05, 4.69) is 167 Å². The molecule has 0 amide bonds. The van der Waals surface area contributed by atoms with Gasteiger partial charge in [0.2, 0.25) is 0 Å². The number of hydrazone groups is 1. The minimum Gasteiger partial charge on any atom is -0.379 e. The molecule has 0 N–H and O–H groups in total. The molecule has 3 aromatic rings. The fourth-order valence-corrected chi connectivity index (χ4v) is 12.2. The predicted molar refractivity (Wildman–Crippen MR) is 186 cm³/mol. The Morgan fingerprint density at radius 3 is 2.27 bits per heavy atom. The lowest BCUT2D eigenvalue weighted by Crippen LogP contribution is -2.38. The maximum atomic E-state index is 5.88. The fourth-order valence-electron chi connectivity index (χ4n) is 6.05. The first kappa shape index (κ1) is 29.8. The summed E-state index contributed by atoms with van der Waals surface area (Å²) in [6.07, 6.45) is 2.07. The van der Waals surface area contributed by atoms with Crippen molar-refractivity contribution in [3.05, 3.63) is 94.6 Å². The molecule has 0 saturated carbocycles. The molecule has 0 spiro atoms. The van der Waals surface area contributed by atoms with Gasteiger partial charge in [0.05, 0.1) is 36.1 Å². The van der Waals surface area contributed by atoms with Gasteiger partial charge in [0, 0.05) is 54.8 Å². The lowest BCUT2D eigenvalue weighted by Gasteiger charge is -2.43. The highest BCUT2D eigenvalue weighted by Gasteiger charge is 2.50. The molecule has 11 heteroatoms. The number of hydrogen-bond donors (Lipinski definition) is 0. The standard InChI is InChI=1S/C30H30Br4N5OP/c1-19-15-22(33)17-25(34)28(19)36-41(38-11-13-40-14-12-38)27(18-35-39(41)23-8-5-20(31)6-9-23)29-30(2,3)24-16-21(32)7-10-26(24)37(29)4/h5-10,15-18H,11-14H2,1-4H3. The summed E-state index contributed by atoms with van der Waals surface area (Å²) in [6, 6.07) is 19.2. The van der Waals surface area contributed by atoms with Crippen LogP contribution in [0.5, 0.6) is 0 Å². The zero-order valence-electron chi connectivity index (χ0n) is 23.2. The summed E-state index contributed by atoms with van der Waals surface area (Å²) >= 11 is 14.9. The number of ether oxygens (including phenoxy) is 1. The molecule has 214 valence electrons. The van der Waals surface area contributed by atoms with Gasteiger partial charge in [0.25, 0.3) is 0 Å². The quantitative estimate of drug-likeness (QED) is 0.247. The van der Waals surface area contributed by atoms with Gasteiger partial charge < -0.3 is 9.64 Å². The number of halogens is 4. The van der Waals surface area contributed by atoms with Crippen LogP contribution in [0, 0.1) is 6.92 Å². The average molecular weight is 827 g/mol. The highest BCUT2D eigenvalue weighted by atomic mass is 79.9. The number of allylic oxidation sites excluding steroid dienone is 2. The summed E-state index contributed by atoms with van der Waals surface area (Å²) in [5, 5.41) is 6.35. The number of fused-ring (bicyclic) bond motifs is 1. The Labute approximate surface area is 275 Å². The van der Waals surface area contributed by atoms with E-state index in [1.807, 2.05) is 0 Å². The predicted octanol–water partition coefficient (Wildman–Crippen LogP) is 10.2. The van der Waals surface area contributed by atoms with Crippen molar-refractivity contribution in [1.82, 2.24) is 4.67 Å². The molecular formula is C30H30Br4N5OP. The van der Waals surface area contributed by atoms with Gasteiger partial charge in [0.15, 0.2) is 7.36 Å². The number of likely N-dealkylation sites (N-methyl/N-ethyl adjacent to an activating group) is 1. The lowest BCUT2D eigenvalue weighted by molar-refractivity contribution is 0.0743. The van der Waals surface area contributed by atoms with Crippen molar-refractivity contribution in [3.63, 3.8) is 0 Å². The average Bonchev–Trinajstić information content (AvgIpc) is 3.39. The minimum atomic E-state index is -2.72. The second-order valence-corrected chi connectivity index (χ2v) is 17.2. The molecule has 3 heterocycles. The highest BCUT2D eigenvalue weighted by Crippen LogP contribution is 2.71. The van der Waals surface area contributed by atoms with E-state index in [0.29, 0.717) is 13.2 Å². The van der Waals surface area contributed by atoms with E-state index in [4.69, 9.17) is 14.6 Å². The van der Waals surface area contributed by atoms with Gasteiger partial charge in [-0.15, -0.1) is 0 Å². The van der Waals surface area contributed by atoms with E-state index in [-0.39, 0.29) is 5.41 Å². The number of benzene rings is 3. The first-order valence-corrected chi connectivity index (χ1v) is 18.2. The van der Waals surface area contributed by atoms with Crippen molar-refractivity contribution < 1.29 is 4.74 Å². The minimum absolute atomic E-state index is 0.274. The van der Waals surface area contributed by atoms with Crippen LogP contribution in [0.3, 0.4) is 0 Å². The number of anilines is 2. The topological polar surface area (TPSA) is 43.7 Å². The van der Waals surface area contributed by atoms with E-state index in [1.165, 1.54) is 16.9 Å². The van der Waals surface area contributed by atoms with Crippen LogP contribution in [-0.2, 0) is 10.2 Å². The van der Waals surface area contributed by atoms with Crippen LogP contribution in [0.15, 0.2) is 93.3 Å². The smallest absolute Gasteiger partial charge is 0.180 e. The van der Waals surface area contributed by atoms with Gasteiger partial charge in [-0.2, -0.15) is 5.10 Å². The monoisotopic (exact) mass is 823 g/mol. The van der Waals surface area contributed by atoms with Gasteiger partial charge in [0.1, 0.15) is 0 Å². The summed E-state index contributed by atoms with van der Waals surface area (Å²) in [6.45, 7) is 9.59. The zero-order valence-corrected chi connectivity index (χ0v) is 30.4. The molecule has 0 aliphatic carbocycles. The van der Waals surface area contributed by atoms with E-state index >= 15 is 0 Å². The van der Waals surface area contributed by atoms with Crippen LogP contribution >= 0.6 is 71.1 Å². The third kappa shape index (κ3) is 5.05. The van der Waals surface area contributed by atoms with Gasteiger partial charge in [-0.1, -0.05) is 61.6 Å². The Kier molecular flexibility index (Phi) is 8.24. The molecule has 1 atom stereocenters. The molecule has 0 radical (unpaired) electrons. The molecule has 3 aliphatic heterocycles. The first-order valence-electron chi connectivity index (χ1n) is 13.3. The Morgan fingerprint density at radius 1 is 0.902 bits per heavy atom. The zero-order chi connectivity index (χ0) is 29.1. The second kappa shape index (κ2) is 11.3. The van der Waals surface area contributed by atoms with E-state index in [1.54, 1.807) is 0 Å². The normalized spacial score (nSPS) is 23.8. The molecule has 3 aliphatic rings. The molecule has 1 fully saturated rings. The van der Waals surface area contributed by atoms with Crippen LogP contribution in [0.2, 0.25) is 0 Å². The van der Waals surface area contributed by atoms with Gasteiger partial charge in [-0.3, -0.25) is 0 Å².